The van der Waals surface area contributed by atoms with E-state index >= 15 is 4.39 Å². The molecule has 0 aliphatic carbocycles. The fourth-order valence-corrected chi connectivity index (χ4v) is 7.33. The number of carboxylic acid groups (broad SMARTS) is 2. The first kappa shape index (κ1) is 40.4. The second-order valence-electron chi connectivity index (χ2n) is 12.5. The molecule has 1 unspecified atom stereocenters. The topological polar surface area (TPSA) is 174 Å². The van der Waals surface area contributed by atoms with Crippen LogP contribution in [-0.2, 0) is 42.4 Å². The molecule has 0 amide bonds. The van der Waals surface area contributed by atoms with Crippen molar-refractivity contribution in [2.75, 3.05) is 13.2 Å². The molecule has 5 rings (SSSR count). The Morgan fingerprint density at radius 3 is 2.49 bits per heavy atom. The Morgan fingerprint density at radius 2 is 1.84 bits per heavy atom. The molecule has 4 aromatic rings. The number of aromatic nitrogens is 3. The molecule has 12 nitrogen and oxygen atoms in total. The number of benzene rings is 3. The number of aliphatic carboxylic acids is 2. The third-order valence-corrected chi connectivity index (χ3v) is 10.2. The van der Waals surface area contributed by atoms with Crippen LogP contribution in [0.15, 0.2) is 91.5 Å². The minimum absolute atomic E-state index is 0.0724. The predicted molar refractivity (Wildman–Crippen MR) is 193 cm³/mol. The van der Waals surface area contributed by atoms with Crippen LogP contribution in [0, 0.1) is 34.7 Å². The number of hydrogen-bond acceptors (Lipinski definition) is 10. The van der Waals surface area contributed by atoms with Crippen molar-refractivity contribution in [1.29, 1.82) is 5.26 Å². The van der Waals surface area contributed by atoms with E-state index in [1.54, 1.807) is 31.2 Å². The molecule has 0 spiro atoms. The molecule has 1 aliphatic rings. The molecule has 3 aromatic carbocycles. The Morgan fingerprint density at radius 1 is 1.07 bits per heavy atom. The number of carbonyl (C=O) groups excluding carboxylic acids is 1. The number of allylic oxidation sites excluding steroid dienone is 2. The molecule has 0 radical (unpaired) electrons. The van der Waals surface area contributed by atoms with Crippen molar-refractivity contribution in [2.45, 2.75) is 48.7 Å². The molecule has 2 heterocycles. The maximum Gasteiger partial charge on any atom is 0.339 e. The zero-order chi connectivity index (χ0) is 39.5. The van der Waals surface area contributed by atoms with Gasteiger partial charge in [0.2, 0.25) is 0 Å². The van der Waals surface area contributed by atoms with Crippen LogP contribution in [0.1, 0.15) is 46.0 Å². The highest BCUT2D eigenvalue weighted by Crippen LogP contribution is 2.42. The molecular weight excluding hydrogens is 742 g/mol. The lowest BCUT2D eigenvalue weighted by Crippen LogP contribution is -2.47. The van der Waals surface area contributed by atoms with Gasteiger partial charge in [0.05, 0.1) is 54.5 Å². The van der Waals surface area contributed by atoms with E-state index in [-0.39, 0.29) is 53.7 Å². The number of nitriles is 1. The van der Waals surface area contributed by atoms with Crippen LogP contribution in [-0.4, -0.2) is 72.9 Å². The highest BCUT2D eigenvalue weighted by atomic mass is 32.2. The first-order valence-corrected chi connectivity index (χ1v) is 17.8. The summed E-state index contributed by atoms with van der Waals surface area (Å²) in [6.07, 6.45) is 7.19. The molecule has 1 fully saturated rings. The minimum atomic E-state index is -1.89. The molecule has 16 heteroatoms. The second kappa shape index (κ2) is 18.5. The molecule has 3 atom stereocenters. The maximum atomic E-state index is 15.9. The molecule has 1 aromatic heterocycles. The zero-order valence-electron chi connectivity index (χ0n) is 29.3. The number of nitrogens with zero attached hydrogens (tertiary/aromatic N) is 4. The molecule has 0 saturated carbocycles. The molecule has 55 heavy (non-hydrogen) atoms. The van der Waals surface area contributed by atoms with Crippen LogP contribution >= 0.6 is 11.8 Å². The molecule has 2 N–H and O–H groups in total. The van der Waals surface area contributed by atoms with Gasteiger partial charge >= 0.3 is 17.9 Å². The van der Waals surface area contributed by atoms with Gasteiger partial charge in [-0.05, 0) is 55.3 Å². The van der Waals surface area contributed by atoms with Gasteiger partial charge in [0.25, 0.3) is 0 Å². The van der Waals surface area contributed by atoms with Gasteiger partial charge in [-0.2, -0.15) is 10.4 Å². The number of carboxylic acids is 2. The zero-order valence-corrected chi connectivity index (χ0v) is 30.1. The minimum Gasteiger partial charge on any atom is -0.481 e. The van der Waals surface area contributed by atoms with Gasteiger partial charge in [0.1, 0.15) is 30.1 Å². The SMILES string of the molecule is C[C@@H](S[C@H]1CO[C@H](/C=C/C=C/c2ccc(C#N)cc2F)OC1)[C@@](Cn1cncn1)(OC(=O)c1ccccc1CC(CC(=O)O)C(=O)O)c1ccc(F)cc1F. The van der Waals surface area contributed by atoms with Crippen LogP contribution in [0.4, 0.5) is 13.2 Å². The number of esters is 1. The van der Waals surface area contributed by atoms with Gasteiger partial charge < -0.3 is 24.4 Å². The van der Waals surface area contributed by atoms with E-state index in [4.69, 9.17) is 19.5 Å². The summed E-state index contributed by atoms with van der Waals surface area (Å²) >= 11 is 1.26. The number of hydrogen-bond donors (Lipinski definition) is 2. The van der Waals surface area contributed by atoms with Gasteiger partial charge in [0, 0.05) is 22.4 Å². The lowest BCUT2D eigenvalue weighted by atomic mass is 9.88. The van der Waals surface area contributed by atoms with Gasteiger partial charge in [0.15, 0.2) is 11.9 Å². The van der Waals surface area contributed by atoms with Crippen LogP contribution in [0.3, 0.4) is 0 Å². The first-order chi connectivity index (χ1) is 26.4. The van der Waals surface area contributed by atoms with Gasteiger partial charge in [-0.25, -0.2) is 27.6 Å². The summed E-state index contributed by atoms with van der Waals surface area (Å²) in [6, 6.07) is 14.8. The Bertz CT molecular complexity index is 2100. The van der Waals surface area contributed by atoms with Crippen LogP contribution < -0.4 is 0 Å². The Labute approximate surface area is 317 Å². The molecule has 1 saturated heterocycles. The first-order valence-electron chi connectivity index (χ1n) is 16.9. The third-order valence-electron chi connectivity index (χ3n) is 8.73. The summed E-state index contributed by atoms with van der Waals surface area (Å²) in [5.74, 6) is -7.44. The van der Waals surface area contributed by atoms with Crippen molar-refractivity contribution in [3.05, 3.63) is 137 Å². The Balaban J connectivity index is 1.39. The lowest BCUT2D eigenvalue weighted by Gasteiger charge is -2.40. The van der Waals surface area contributed by atoms with Crippen molar-refractivity contribution in [3.63, 3.8) is 0 Å². The van der Waals surface area contributed by atoms with Crippen LogP contribution in [0.25, 0.3) is 6.08 Å². The van der Waals surface area contributed by atoms with Crippen LogP contribution in [0.2, 0.25) is 0 Å². The van der Waals surface area contributed by atoms with Crippen molar-refractivity contribution in [3.8, 4) is 6.07 Å². The molecule has 1 aliphatic heterocycles. The van der Waals surface area contributed by atoms with Crippen molar-refractivity contribution in [2.24, 2.45) is 5.92 Å². The average molecular weight is 777 g/mol. The summed E-state index contributed by atoms with van der Waals surface area (Å²) in [5.41, 5.74) is -1.45. The maximum absolute atomic E-state index is 15.9. The smallest absolute Gasteiger partial charge is 0.339 e. The predicted octanol–water partition coefficient (Wildman–Crippen LogP) is 6.17. The molecule has 0 bridgehead atoms. The summed E-state index contributed by atoms with van der Waals surface area (Å²) in [5, 5.41) is 30.9. The van der Waals surface area contributed by atoms with E-state index in [0.717, 1.165) is 12.1 Å². The fourth-order valence-electron chi connectivity index (χ4n) is 5.97. The van der Waals surface area contributed by atoms with Gasteiger partial charge in [-0.15, -0.1) is 11.8 Å². The van der Waals surface area contributed by atoms with Gasteiger partial charge in [-0.3, -0.25) is 9.59 Å². The lowest BCUT2D eigenvalue weighted by molar-refractivity contribution is -0.148. The van der Waals surface area contributed by atoms with Gasteiger partial charge in [-0.1, -0.05) is 42.5 Å². The number of rotatable bonds is 16. The number of carbonyl (C=O) groups is 3. The second-order valence-corrected chi connectivity index (χ2v) is 14.2. The van der Waals surface area contributed by atoms with E-state index in [2.05, 4.69) is 10.1 Å². The third kappa shape index (κ3) is 10.5. The summed E-state index contributed by atoms with van der Waals surface area (Å²) in [6.45, 7) is 1.72. The van der Waals surface area contributed by atoms with Crippen molar-refractivity contribution < 1.29 is 52.0 Å². The van der Waals surface area contributed by atoms with Crippen LogP contribution in [0.5, 0.6) is 0 Å². The monoisotopic (exact) mass is 776 g/mol. The van der Waals surface area contributed by atoms with Crippen molar-refractivity contribution in [1.82, 2.24) is 14.8 Å². The van der Waals surface area contributed by atoms with E-state index in [1.807, 2.05) is 6.07 Å². The van der Waals surface area contributed by atoms with E-state index in [1.165, 1.54) is 71.6 Å². The molecular formula is C39H35F3N4O8S. The van der Waals surface area contributed by atoms with E-state index in [0.29, 0.717) is 11.6 Å². The molecule has 286 valence electrons. The van der Waals surface area contributed by atoms with Crippen molar-refractivity contribution >= 4 is 35.7 Å². The summed E-state index contributed by atoms with van der Waals surface area (Å²) in [4.78, 5) is 41.5. The number of ether oxygens (including phenoxy) is 3. The number of halogens is 3. The highest BCUT2D eigenvalue weighted by Gasteiger charge is 2.47. The van der Waals surface area contributed by atoms with E-state index in [9.17, 15) is 33.4 Å². The Kier molecular flexibility index (Phi) is 13.6. The standard InChI is InChI=1S/C39H35F3N4O8S/c1-24(55-30-19-52-36(53-20-30)9-5-3-6-26-11-10-25(18-43)14-33(26)41)39(21-46-23-44-22-45-46,32-13-12-29(40)17-34(32)42)54-38(51)31-8-4-2-7-27(31)15-28(37(49)50)16-35(47)48/h2-14,17,22-24,28,30,36H,15-16,19-21H2,1H3,(H,47,48)(H,49,50)/b6-3+,9-5+/t24-,28?,30-,36-,39-/m1/s1. The normalized spacial score (nSPS) is 18.0. The Hall–Kier alpha value is -5.76. The van der Waals surface area contributed by atoms with E-state index < -0.39 is 64.8 Å². The fraction of sp³-hybridized carbons (Fsp3) is 0.282. The average Bonchev–Trinajstić information content (AvgIpc) is 3.67. The summed E-state index contributed by atoms with van der Waals surface area (Å²) in [7, 11) is 0. The number of thioether (sulfide) groups is 1. The largest absolute Gasteiger partial charge is 0.481 e. The highest BCUT2D eigenvalue weighted by molar-refractivity contribution is 8.00. The quantitative estimate of drug-likeness (QED) is 0.0980. The summed E-state index contributed by atoms with van der Waals surface area (Å²) < 4.78 is 63.8.